The first kappa shape index (κ1) is 19.6. The molecule has 34 heavy (non-hydrogen) atoms. The minimum Gasteiger partial charge on any atom is -0.437 e. The van der Waals surface area contributed by atoms with Gasteiger partial charge in [-0.2, -0.15) is 0 Å². The van der Waals surface area contributed by atoms with E-state index in [1.54, 1.807) is 28.2 Å². The summed E-state index contributed by atoms with van der Waals surface area (Å²) in [5, 5.41) is 7.36. The molecule has 1 unspecified atom stereocenters. The molecule has 7 rings (SSSR count). The van der Waals surface area contributed by atoms with E-state index < -0.39 is 11.5 Å². The Morgan fingerprint density at radius 3 is 2.71 bits per heavy atom. The Hall–Kier alpha value is -3.82. The van der Waals surface area contributed by atoms with Gasteiger partial charge in [0, 0.05) is 14.9 Å². The van der Waals surface area contributed by atoms with E-state index in [0.717, 1.165) is 20.3 Å². The SMILES string of the molecule is O=c1oc2ccccc2c2c1C(c1cccs1)c1c(ncn3nc(-c4ccccc4Br)nc13)O2. The molecule has 5 heterocycles. The minimum absolute atomic E-state index is 0.403. The Morgan fingerprint density at radius 1 is 1.00 bits per heavy atom. The predicted molar refractivity (Wildman–Crippen MR) is 132 cm³/mol. The molecule has 0 fully saturated rings. The van der Waals surface area contributed by atoms with Crippen LogP contribution in [-0.4, -0.2) is 19.6 Å². The zero-order valence-corrected chi connectivity index (χ0v) is 19.7. The molecular weight excluding hydrogens is 516 g/mol. The van der Waals surface area contributed by atoms with E-state index in [-0.39, 0.29) is 0 Å². The van der Waals surface area contributed by atoms with Crippen molar-refractivity contribution >= 4 is 43.9 Å². The number of nitrogens with zero attached hydrogens (tertiary/aromatic N) is 4. The molecule has 1 aliphatic heterocycles. The average molecular weight is 529 g/mol. The quantitative estimate of drug-likeness (QED) is 0.255. The van der Waals surface area contributed by atoms with Gasteiger partial charge in [0.25, 0.3) is 0 Å². The Morgan fingerprint density at radius 2 is 1.85 bits per heavy atom. The van der Waals surface area contributed by atoms with Crippen molar-refractivity contribution in [3.63, 3.8) is 0 Å². The van der Waals surface area contributed by atoms with Crippen molar-refractivity contribution < 1.29 is 9.15 Å². The zero-order chi connectivity index (χ0) is 22.8. The summed E-state index contributed by atoms with van der Waals surface area (Å²) in [5.41, 5.74) is 2.59. The summed E-state index contributed by atoms with van der Waals surface area (Å²) < 4.78 is 14.5. The van der Waals surface area contributed by atoms with Crippen LogP contribution in [0, 0.1) is 0 Å². The molecule has 4 aromatic heterocycles. The van der Waals surface area contributed by atoms with Crippen LogP contribution in [0.4, 0.5) is 0 Å². The third-order valence-electron chi connectivity index (χ3n) is 5.90. The highest BCUT2D eigenvalue weighted by atomic mass is 79.9. The number of hydrogen-bond donors (Lipinski definition) is 0. The molecule has 1 atom stereocenters. The average Bonchev–Trinajstić information content (AvgIpc) is 3.53. The van der Waals surface area contributed by atoms with E-state index in [0.29, 0.717) is 39.8 Å². The summed E-state index contributed by atoms with van der Waals surface area (Å²) in [4.78, 5) is 23.7. The van der Waals surface area contributed by atoms with Crippen LogP contribution in [0.1, 0.15) is 21.9 Å². The van der Waals surface area contributed by atoms with E-state index in [1.807, 2.05) is 60.0 Å². The summed E-state index contributed by atoms with van der Waals surface area (Å²) in [7, 11) is 0. The van der Waals surface area contributed by atoms with E-state index in [2.05, 4.69) is 26.0 Å². The van der Waals surface area contributed by atoms with Crippen LogP contribution >= 0.6 is 27.3 Å². The van der Waals surface area contributed by atoms with Crippen LogP contribution in [0.15, 0.2) is 86.1 Å². The lowest BCUT2D eigenvalue weighted by Crippen LogP contribution is -2.21. The Kier molecular flexibility index (Phi) is 4.24. The largest absolute Gasteiger partial charge is 0.437 e. The van der Waals surface area contributed by atoms with Crippen molar-refractivity contribution in [3.05, 3.63) is 103 Å². The first-order chi connectivity index (χ1) is 16.7. The lowest BCUT2D eigenvalue weighted by Gasteiger charge is -2.26. The van der Waals surface area contributed by atoms with Crippen molar-refractivity contribution in [2.24, 2.45) is 0 Å². The number of para-hydroxylation sites is 1. The topological polar surface area (TPSA) is 82.5 Å². The van der Waals surface area contributed by atoms with E-state index in [9.17, 15) is 4.79 Å². The second-order valence-corrected chi connectivity index (χ2v) is 9.66. The number of benzene rings is 2. The number of halogens is 1. The second-order valence-electron chi connectivity index (χ2n) is 7.83. The monoisotopic (exact) mass is 528 g/mol. The van der Waals surface area contributed by atoms with Gasteiger partial charge in [-0.3, -0.25) is 0 Å². The molecule has 0 aliphatic carbocycles. The van der Waals surface area contributed by atoms with Crippen LogP contribution in [0.5, 0.6) is 11.6 Å². The van der Waals surface area contributed by atoms with Gasteiger partial charge in [-0.1, -0.05) is 46.3 Å². The fourth-order valence-corrected chi connectivity index (χ4v) is 5.73. The molecule has 0 amide bonds. The summed E-state index contributed by atoms with van der Waals surface area (Å²) in [6.45, 7) is 0. The van der Waals surface area contributed by atoms with Gasteiger partial charge in [0.2, 0.25) is 5.88 Å². The van der Waals surface area contributed by atoms with Gasteiger partial charge in [-0.05, 0) is 35.7 Å². The number of thiophene rings is 1. The molecule has 1 aliphatic rings. The Labute approximate surface area is 204 Å². The molecule has 7 nitrogen and oxygen atoms in total. The van der Waals surface area contributed by atoms with Crippen molar-refractivity contribution in [3.8, 4) is 23.0 Å². The predicted octanol–water partition coefficient (Wildman–Crippen LogP) is 6.01. The highest BCUT2D eigenvalue weighted by molar-refractivity contribution is 9.10. The molecule has 164 valence electrons. The Balaban J connectivity index is 1.55. The van der Waals surface area contributed by atoms with Gasteiger partial charge < -0.3 is 9.15 Å². The van der Waals surface area contributed by atoms with Crippen LogP contribution in [0.3, 0.4) is 0 Å². The molecule has 0 N–H and O–H groups in total. The molecule has 6 aromatic rings. The molecule has 0 saturated heterocycles. The zero-order valence-electron chi connectivity index (χ0n) is 17.3. The van der Waals surface area contributed by atoms with Gasteiger partial charge in [-0.25, -0.2) is 19.3 Å². The number of rotatable bonds is 2. The Bertz CT molecular complexity index is 1790. The molecule has 0 spiro atoms. The van der Waals surface area contributed by atoms with Gasteiger partial charge in [-0.15, -0.1) is 16.4 Å². The number of hydrogen-bond acceptors (Lipinski definition) is 7. The van der Waals surface area contributed by atoms with Gasteiger partial charge in [0.15, 0.2) is 17.2 Å². The van der Waals surface area contributed by atoms with E-state index in [4.69, 9.17) is 14.1 Å². The molecule has 0 radical (unpaired) electrons. The maximum Gasteiger partial charge on any atom is 0.344 e. The molecule has 0 bridgehead atoms. The first-order valence-electron chi connectivity index (χ1n) is 10.5. The van der Waals surface area contributed by atoms with Crippen molar-refractivity contribution in [2.75, 3.05) is 0 Å². The lowest BCUT2D eigenvalue weighted by molar-refractivity contribution is 0.423. The number of fused-ring (bicyclic) bond motifs is 6. The first-order valence-corrected chi connectivity index (χ1v) is 12.1. The van der Waals surface area contributed by atoms with Crippen LogP contribution in [-0.2, 0) is 0 Å². The minimum atomic E-state index is -0.452. The molecular formula is C25H13BrN4O3S. The summed E-state index contributed by atoms with van der Waals surface area (Å²) in [6, 6.07) is 19.1. The number of ether oxygens (including phenoxy) is 1. The van der Waals surface area contributed by atoms with Crippen molar-refractivity contribution in [1.29, 1.82) is 0 Å². The summed E-state index contributed by atoms with van der Waals surface area (Å²) >= 11 is 5.14. The van der Waals surface area contributed by atoms with Crippen LogP contribution < -0.4 is 10.4 Å². The van der Waals surface area contributed by atoms with Crippen molar-refractivity contribution in [2.45, 2.75) is 5.92 Å². The maximum absolute atomic E-state index is 13.3. The fraction of sp³-hybridized carbons (Fsp3) is 0.0400. The van der Waals surface area contributed by atoms with Gasteiger partial charge >= 0.3 is 5.63 Å². The lowest BCUT2D eigenvalue weighted by atomic mass is 9.88. The van der Waals surface area contributed by atoms with Gasteiger partial charge in [0.1, 0.15) is 11.9 Å². The summed E-state index contributed by atoms with van der Waals surface area (Å²) in [6.07, 6.45) is 1.59. The third-order valence-corrected chi connectivity index (χ3v) is 7.53. The maximum atomic E-state index is 13.3. The summed E-state index contributed by atoms with van der Waals surface area (Å²) in [5.74, 6) is 0.969. The number of aromatic nitrogens is 4. The second kappa shape index (κ2) is 7.34. The highest BCUT2D eigenvalue weighted by Crippen LogP contribution is 2.49. The highest BCUT2D eigenvalue weighted by Gasteiger charge is 2.38. The van der Waals surface area contributed by atoms with Gasteiger partial charge in [0.05, 0.1) is 22.4 Å². The van der Waals surface area contributed by atoms with Crippen LogP contribution in [0.2, 0.25) is 0 Å². The van der Waals surface area contributed by atoms with E-state index >= 15 is 0 Å². The molecule has 2 aromatic carbocycles. The van der Waals surface area contributed by atoms with E-state index in [1.165, 1.54) is 0 Å². The van der Waals surface area contributed by atoms with Crippen LogP contribution in [0.25, 0.3) is 28.0 Å². The fourth-order valence-electron chi connectivity index (χ4n) is 4.43. The third kappa shape index (κ3) is 2.80. The smallest absolute Gasteiger partial charge is 0.344 e. The standard InChI is InChI=1S/C25H13BrN4O3S/c26-15-8-3-1-6-13(15)22-28-23-20-18(17-10-5-11-34-17)19-21(33-24(20)27-12-30(23)29-22)14-7-2-4-9-16(14)32-25(19)31/h1-12,18H. The molecule has 9 heteroatoms. The van der Waals surface area contributed by atoms with Crippen molar-refractivity contribution in [1.82, 2.24) is 19.6 Å². The normalized spacial score (nSPS) is 14.7. The molecule has 0 saturated carbocycles.